The molecule has 0 saturated carbocycles. The molecule has 1 unspecified atom stereocenters. The monoisotopic (exact) mass is 477 g/mol. The first-order valence-corrected chi connectivity index (χ1v) is 9.12. The number of hydrogen-bond acceptors (Lipinski definition) is 4. The second kappa shape index (κ2) is 14.1. The van der Waals surface area contributed by atoms with Crippen molar-refractivity contribution in [1.29, 1.82) is 0 Å². The van der Waals surface area contributed by atoms with Crippen molar-refractivity contribution in [3.8, 4) is 5.75 Å². The predicted molar refractivity (Wildman–Crippen MR) is 116 cm³/mol. The highest BCUT2D eigenvalue weighted by molar-refractivity contribution is 14.0. The van der Waals surface area contributed by atoms with E-state index in [1.54, 1.807) is 7.11 Å². The second-order valence-corrected chi connectivity index (χ2v) is 6.13. The van der Waals surface area contributed by atoms with Crippen LogP contribution in [0.25, 0.3) is 0 Å². The maximum atomic E-state index is 5.72. The summed E-state index contributed by atoms with van der Waals surface area (Å²) in [5.74, 6) is 2.28. The van der Waals surface area contributed by atoms with Crippen molar-refractivity contribution in [3.63, 3.8) is 0 Å². The van der Waals surface area contributed by atoms with Gasteiger partial charge in [-0.3, -0.25) is 0 Å². The lowest BCUT2D eigenvalue weighted by Crippen LogP contribution is -2.38. The first kappa shape index (κ1) is 23.0. The Labute approximate surface area is 174 Å². The minimum absolute atomic E-state index is 0. The maximum absolute atomic E-state index is 5.72. The Bertz CT molecular complexity index is 505. The van der Waals surface area contributed by atoms with Crippen LogP contribution in [0.1, 0.15) is 25.3 Å². The molecule has 7 heteroatoms. The van der Waals surface area contributed by atoms with Gasteiger partial charge in [0.25, 0.3) is 0 Å². The summed E-state index contributed by atoms with van der Waals surface area (Å²) in [7, 11) is 1.67. The highest BCUT2D eigenvalue weighted by atomic mass is 127. The SMILES string of the molecule is CCNC(=NCc1ccc(OC)cc1)NCCCOCC1CCOC1.I. The molecule has 1 aromatic carbocycles. The summed E-state index contributed by atoms with van der Waals surface area (Å²) >= 11 is 0. The Morgan fingerprint density at radius 3 is 2.73 bits per heavy atom. The van der Waals surface area contributed by atoms with E-state index in [2.05, 4.69) is 22.5 Å². The Morgan fingerprint density at radius 1 is 1.27 bits per heavy atom. The van der Waals surface area contributed by atoms with Crippen LogP contribution in [0.2, 0.25) is 0 Å². The lowest BCUT2D eigenvalue weighted by atomic mass is 10.1. The first-order chi connectivity index (χ1) is 12.3. The largest absolute Gasteiger partial charge is 0.497 e. The van der Waals surface area contributed by atoms with Crippen LogP contribution in [-0.4, -0.2) is 52.6 Å². The molecule has 1 aromatic rings. The molecule has 0 spiro atoms. The molecule has 1 fully saturated rings. The number of methoxy groups -OCH3 is 1. The van der Waals surface area contributed by atoms with E-state index in [4.69, 9.17) is 14.2 Å². The molecular formula is C19H32IN3O3. The number of guanidine groups is 1. The molecule has 1 saturated heterocycles. The van der Waals surface area contributed by atoms with E-state index in [0.717, 1.165) is 69.6 Å². The van der Waals surface area contributed by atoms with E-state index < -0.39 is 0 Å². The van der Waals surface area contributed by atoms with Crippen LogP contribution in [0.3, 0.4) is 0 Å². The molecule has 0 amide bonds. The first-order valence-electron chi connectivity index (χ1n) is 9.12. The van der Waals surface area contributed by atoms with Crippen LogP contribution in [0, 0.1) is 5.92 Å². The predicted octanol–water partition coefficient (Wildman–Crippen LogP) is 2.81. The van der Waals surface area contributed by atoms with Crippen LogP contribution in [0.5, 0.6) is 5.75 Å². The Balaban J connectivity index is 0.00000338. The molecule has 1 aliphatic heterocycles. The third kappa shape index (κ3) is 9.05. The zero-order valence-electron chi connectivity index (χ0n) is 15.8. The fourth-order valence-electron chi connectivity index (χ4n) is 2.59. The van der Waals surface area contributed by atoms with E-state index in [1.807, 2.05) is 24.3 Å². The van der Waals surface area contributed by atoms with Crippen molar-refractivity contribution in [1.82, 2.24) is 10.6 Å². The van der Waals surface area contributed by atoms with Crippen LogP contribution in [0.15, 0.2) is 29.3 Å². The smallest absolute Gasteiger partial charge is 0.191 e. The van der Waals surface area contributed by atoms with Gasteiger partial charge in [-0.15, -0.1) is 24.0 Å². The van der Waals surface area contributed by atoms with Crippen molar-refractivity contribution < 1.29 is 14.2 Å². The van der Waals surface area contributed by atoms with Crippen molar-refractivity contribution >= 4 is 29.9 Å². The summed E-state index contributed by atoms with van der Waals surface area (Å²) in [6, 6.07) is 7.98. The summed E-state index contributed by atoms with van der Waals surface area (Å²) in [5, 5.41) is 6.62. The minimum Gasteiger partial charge on any atom is -0.497 e. The molecule has 6 nitrogen and oxygen atoms in total. The lowest BCUT2D eigenvalue weighted by Gasteiger charge is -2.12. The van der Waals surface area contributed by atoms with Gasteiger partial charge < -0.3 is 24.8 Å². The molecule has 2 N–H and O–H groups in total. The Hall–Kier alpha value is -1.06. The van der Waals surface area contributed by atoms with Gasteiger partial charge in [0.15, 0.2) is 5.96 Å². The summed E-state index contributed by atoms with van der Waals surface area (Å²) in [4.78, 5) is 4.62. The van der Waals surface area contributed by atoms with Gasteiger partial charge in [-0.1, -0.05) is 12.1 Å². The van der Waals surface area contributed by atoms with Gasteiger partial charge in [0.2, 0.25) is 0 Å². The maximum Gasteiger partial charge on any atom is 0.191 e. The molecule has 26 heavy (non-hydrogen) atoms. The van der Waals surface area contributed by atoms with Crippen LogP contribution >= 0.6 is 24.0 Å². The standard InChI is InChI=1S/C19H31N3O3.HI/c1-3-20-19(22-13-16-5-7-18(23-2)8-6-16)21-10-4-11-24-14-17-9-12-25-15-17;/h5-8,17H,3-4,9-15H2,1-2H3,(H2,20,21,22);1H. The van der Waals surface area contributed by atoms with Crippen molar-refractivity contribution in [2.24, 2.45) is 10.9 Å². The van der Waals surface area contributed by atoms with Crippen molar-refractivity contribution in [2.75, 3.05) is 46.6 Å². The van der Waals surface area contributed by atoms with Gasteiger partial charge in [-0.05, 0) is 37.5 Å². The van der Waals surface area contributed by atoms with Gasteiger partial charge in [0.1, 0.15) is 5.75 Å². The second-order valence-electron chi connectivity index (χ2n) is 6.13. The van der Waals surface area contributed by atoms with E-state index in [1.165, 1.54) is 0 Å². The topological polar surface area (TPSA) is 64.1 Å². The third-order valence-electron chi connectivity index (χ3n) is 4.06. The van der Waals surface area contributed by atoms with Gasteiger partial charge in [0.05, 0.1) is 26.9 Å². The summed E-state index contributed by atoms with van der Waals surface area (Å²) in [5.41, 5.74) is 1.15. The molecule has 0 radical (unpaired) electrons. The highest BCUT2D eigenvalue weighted by Gasteiger charge is 2.15. The van der Waals surface area contributed by atoms with Crippen LogP contribution in [-0.2, 0) is 16.0 Å². The molecule has 0 aliphatic carbocycles. The molecule has 1 heterocycles. The molecule has 148 valence electrons. The molecule has 0 bridgehead atoms. The van der Waals surface area contributed by atoms with Gasteiger partial charge in [0, 0.05) is 32.2 Å². The minimum atomic E-state index is 0. The van der Waals surface area contributed by atoms with Gasteiger partial charge >= 0.3 is 0 Å². The number of nitrogens with zero attached hydrogens (tertiary/aromatic N) is 1. The van der Waals surface area contributed by atoms with E-state index in [-0.39, 0.29) is 24.0 Å². The number of halogens is 1. The number of aliphatic imine (C=N–C) groups is 1. The summed E-state index contributed by atoms with van der Waals surface area (Å²) in [6.45, 7) is 7.69. The molecule has 1 atom stereocenters. The summed E-state index contributed by atoms with van der Waals surface area (Å²) in [6.07, 6.45) is 2.08. The van der Waals surface area contributed by atoms with E-state index >= 15 is 0 Å². The number of benzene rings is 1. The number of nitrogens with one attached hydrogen (secondary N) is 2. The molecular weight excluding hydrogens is 445 g/mol. The fourth-order valence-corrected chi connectivity index (χ4v) is 2.59. The fraction of sp³-hybridized carbons (Fsp3) is 0.632. The van der Waals surface area contributed by atoms with Crippen molar-refractivity contribution in [3.05, 3.63) is 29.8 Å². The normalized spacial score (nSPS) is 16.8. The number of rotatable bonds is 10. The third-order valence-corrected chi connectivity index (χ3v) is 4.06. The molecule has 0 aromatic heterocycles. The number of ether oxygens (including phenoxy) is 3. The van der Waals surface area contributed by atoms with E-state index in [0.29, 0.717) is 12.5 Å². The zero-order valence-corrected chi connectivity index (χ0v) is 18.2. The Kier molecular flexibility index (Phi) is 12.4. The quantitative estimate of drug-likeness (QED) is 0.235. The molecule has 1 aliphatic rings. The molecule has 2 rings (SSSR count). The van der Waals surface area contributed by atoms with Crippen molar-refractivity contribution in [2.45, 2.75) is 26.3 Å². The summed E-state index contributed by atoms with van der Waals surface area (Å²) < 4.78 is 16.2. The van der Waals surface area contributed by atoms with E-state index in [9.17, 15) is 0 Å². The zero-order chi connectivity index (χ0) is 17.7. The lowest BCUT2D eigenvalue weighted by molar-refractivity contribution is 0.0888. The average Bonchev–Trinajstić information content (AvgIpc) is 3.16. The number of hydrogen-bond donors (Lipinski definition) is 2. The van der Waals surface area contributed by atoms with Crippen LogP contribution in [0.4, 0.5) is 0 Å². The van der Waals surface area contributed by atoms with Crippen LogP contribution < -0.4 is 15.4 Å². The van der Waals surface area contributed by atoms with Gasteiger partial charge in [-0.25, -0.2) is 4.99 Å². The average molecular weight is 477 g/mol. The van der Waals surface area contributed by atoms with Gasteiger partial charge in [-0.2, -0.15) is 0 Å². The highest BCUT2D eigenvalue weighted by Crippen LogP contribution is 2.12. The Morgan fingerprint density at radius 2 is 2.08 bits per heavy atom.